The van der Waals surface area contributed by atoms with E-state index in [0.717, 1.165) is 11.4 Å². The molecule has 0 N–H and O–H groups in total. The molecule has 0 amide bonds. The molecular weight excluding hydrogens is 347 g/mol. The van der Waals surface area contributed by atoms with Gasteiger partial charge in [-0.25, -0.2) is 0 Å². The first-order valence-electron chi connectivity index (χ1n) is 7.53. The maximum absolute atomic E-state index is 4.48. The van der Waals surface area contributed by atoms with Gasteiger partial charge in [-0.05, 0) is 0 Å². The number of hydrogen-bond acceptors (Lipinski definition) is 2. The topological polar surface area (TPSA) is 24.7 Å². The third-order valence-electron chi connectivity index (χ3n) is 3.39. The van der Waals surface area contributed by atoms with Crippen molar-refractivity contribution < 1.29 is 0 Å². The maximum atomic E-state index is 4.48. The van der Waals surface area contributed by atoms with Crippen molar-refractivity contribution in [2.24, 2.45) is 10.2 Å². The number of aryl methyl sites for hydroxylation is 2. The van der Waals surface area contributed by atoms with E-state index in [2.05, 4.69) is 78.7 Å². The van der Waals surface area contributed by atoms with Crippen LogP contribution in [0.4, 0.5) is 11.4 Å². The second-order valence-corrected chi connectivity index (χ2v) is 7.76. The van der Waals surface area contributed by atoms with Gasteiger partial charge in [-0.1, -0.05) is 0 Å². The second-order valence-electron chi connectivity index (χ2n) is 5.42. The van der Waals surface area contributed by atoms with Crippen LogP contribution in [0.3, 0.4) is 0 Å². The standard InChI is InChI=1S/C20H18N2Se/c1-15-8-11-17(12-9-15)21-22-19-13-10-16(2)14-20(19)23-18-6-4-3-5-7-18/h3-14H,1-2H3. The van der Waals surface area contributed by atoms with Crippen molar-refractivity contribution in [3.8, 4) is 0 Å². The molecule has 3 aromatic rings. The fourth-order valence-corrected chi connectivity index (χ4v) is 4.23. The van der Waals surface area contributed by atoms with Crippen molar-refractivity contribution in [3.63, 3.8) is 0 Å². The van der Waals surface area contributed by atoms with E-state index in [9.17, 15) is 0 Å². The van der Waals surface area contributed by atoms with E-state index in [1.807, 2.05) is 18.2 Å². The van der Waals surface area contributed by atoms with E-state index in [-0.39, 0.29) is 15.0 Å². The van der Waals surface area contributed by atoms with Crippen LogP contribution < -0.4 is 8.92 Å². The van der Waals surface area contributed by atoms with Crippen molar-refractivity contribution in [3.05, 3.63) is 83.9 Å². The van der Waals surface area contributed by atoms with Crippen LogP contribution in [0.5, 0.6) is 0 Å². The van der Waals surface area contributed by atoms with Crippen molar-refractivity contribution in [1.29, 1.82) is 0 Å². The molecule has 114 valence electrons. The van der Waals surface area contributed by atoms with Crippen LogP contribution in [-0.4, -0.2) is 15.0 Å². The third kappa shape index (κ3) is 4.38. The van der Waals surface area contributed by atoms with Gasteiger partial charge in [0.2, 0.25) is 0 Å². The molecule has 0 bridgehead atoms. The van der Waals surface area contributed by atoms with Crippen LogP contribution in [0.15, 0.2) is 83.0 Å². The Hall–Kier alpha value is -2.22. The molecule has 0 atom stereocenters. The van der Waals surface area contributed by atoms with Gasteiger partial charge in [0.05, 0.1) is 0 Å². The Kier molecular flexibility index (Phi) is 5.02. The van der Waals surface area contributed by atoms with Gasteiger partial charge in [0.15, 0.2) is 0 Å². The molecule has 3 rings (SSSR count). The zero-order chi connectivity index (χ0) is 16.1. The average molecular weight is 365 g/mol. The van der Waals surface area contributed by atoms with E-state index in [1.54, 1.807) is 0 Å². The minimum absolute atomic E-state index is 0.231. The number of benzene rings is 3. The molecule has 0 aliphatic carbocycles. The molecule has 3 heteroatoms. The molecule has 0 saturated heterocycles. The summed E-state index contributed by atoms with van der Waals surface area (Å²) in [5.41, 5.74) is 4.33. The normalized spacial score (nSPS) is 11.0. The van der Waals surface area contributed by atoms with Gasteiger partial charge < -0.3 is 0 Å². The Morgan fingerprint density at radius 3 is 2.13 bits per heavy atom. The van der Waals surface area contributed by atoms with E-state index < -0.39 is 0 Å². The molecular formula is C20H18N2Se. The average Bonchev–Trinajstić information content (AvgIpc) is 2.57. The Morgan fingerprint density at radius 2 is 1.39 bits per heavy atom. The third-order valence-corrected chi connectivity index (χ3v) is 5.61. The van der Waals surface area contributed by atoms with Crippen LogP contribution in [0.25, 0.3) is 0 Å². The Balaban J connectivity index is 1.88. The zero-order valence-electron chi connectivity index (χ0n) is 13.2. The van der Waals surface area contributed by atoms with Crippen LogP contribution in [0.2, 0.25) is 0 Å². The molecule has 0 aliphatic rings. The Labute approximate surface area is 143 Å². The molecule has 0 radical (unpaired) electrons. The second kappa shape index (κ2) is 7.36. The zero-order valence-corrected chi connectivity index (χ0v) is 14.9. The molecule has 0 spiro atoms. The Morgan fingerprint density at radius 1 is 0.696 bits per heavy atom. The molecule has 3 aromatic carbocycles. The Bertz CT molecular complexity index is 809. The van der Waals surface area contributed by atoms with Crippen molar-refractivity contribution >= 4 is 35.3 Å². The van der Waals surface area contributed by atoms with Crippen LogP contribution in [0.1, 0.15) is 11.1 Å². The summed E-state index contributed by atoms with van der Waals surface area (Å²) in [4.78, 5) is 0. The molecule has 0 unspecified atom stereocenters. The summed E-state index contributed by atoms with van der Waals surface area (Å²) in [6.45, 7) is 4.19. The van der Waals surface area contributed by atoms with E-state index in [1.165, 1.54) is 20.1 Å². The summed E-state index contributed by atoms with van der Waals surface area (Å²) in [5, 5.41) is 8.87. The molecule has 0 saturated carbocycles. The van der Waals surface area contributed by atoms with Gasteiger partial charge in [-0.2, -0.15) is 0 Å². The molecule has 23 heavy (non-hydrogen) atoms. The van der Waals surface area contributed by atoms with Gasteiger partial charge in [0, 0.05) is 0 Å². The summed E-state index contributed by atoms with van der Waals surface area (Å²) in [6, 6.07) is 25.0. The van der Waals surface area contributed by atoms with Crippen LogP contribution >= 0.6 is 0 Å². The molecule has 0 aliphatic heterocycles. The fraction of sp³-hybridized carbons (Fsp3) is 0.100. The summed E-state index contributed by atoms with van der Waals surface area (Å²) < 4.78 is 2.61. The van der Waals surface area contributed by atoms with Crippen LogP contribution in [-0.2, 0) is 0 Å². The molecule has 0 aromatic heterocycles. The summed E-state index contributed by atoms with van der Waals surface area (Å²) >= 11 is 0.231. The molecule has 0 fully saturated rings. The van der Waals surface area contributed by atoms with Crippen molar-refractivity contribution in [1.82, 2.24) is 0 Å². The number of azo groups is 1. The first-order chi connectivity index (χ1) is 11.2. The van der Waals surface area contributed by atoms with Gasteiger partial charge in [-0.15, -0.1) is 0 Å². The quantitative estimate of drug-likeness (QED) is 0.484. The molecule has 2 nitrogen and oxygen atoms in total. The predicted octanol–water partition coefficient (Wildman–Crippen LogP) is 4.37. The van der Waals surface area contributed by atoms with E-state index >= 15 is 0 Å². The number of nitrogens with zero attached hydrogens (tertiary/aromatic N) is 2. The van der Waals surface area contributed by atoms with Gasteiger partial charge in [-0.3, -0.25) is 0 Å². The van der Waals surface area contributed by atoms with E-state index in [4.69, 9.17) is 0 Å². The summed E-state index contributed by atoms with van der Waals surface area (Å²) in [5.74, 6) is 0. The minimum atomic E-state index is 0.231. The SMILES string of the molecule is Cc1ccc(N=Nc2ccc(C)cc2[Se]c2ccccc2)cc1. The van der Waals surface area contributed by atoms with Crippen molar-refractivity contribution in [2.75, 3.05) is 0 Å². The molecule has 0 heterocycles. The first-order valence-corrected chi connectivity index (χ1v) is 9.24. The van der Waals surface area contributed by atoms with Gasteiger partial charge in [0.1, 0.15) is 0 Å². The summed E-state index contributed by atoms with van der Waals surface area (Å²) in [7, 11) is 0. The summed E-state index contributed by atoms with van der Waals surface area (Å²) in [6.07, 6.45) is 0. The van der Waals surface area contributed by atoms with Crippen molar-refractivity contribution in [2.45, 2.75) is 13.8 Å². The number of rotatable bonds is 4. The van der Waals surface area contributed by atoms with Gasteiger partial charge >= 0.3 is 143 Å². The van der Waals surface area contributed by atoms with E-state index in [0.29, 0.717) is 0 Å². The first kappa shape index (κ1) is 15.7. The predicted molar refractivity (Wildman–Crippen MR) is 98.0 cm³/mol. The monoisotopic (exact) mass is 366 g/mol. The number of hydrogen-bond donors (Lipinski definition) is 0. The van der Waals surface area contributed by atoms with Crippen LogP contribution in [0, 0.1) is 13.8 Å². The van der Waals surface area contributed by atoms with Gasteiger partial charge in [0.25, 0.3) is 0 Å². The fourth-order valence-electron chi connectivity index (χ4n) is 2.12.